The molecule has 4 heteroatoms. The molecule has 1 fully saturated rings. The Morgan fingerprint density at radius 3 is 2.47 bits per heavy atom. The zero-order valence-electron chi connectivity index (χ0n) is 11.8. The number of nitrogens with zero attached hydrogens (tertiary/aromatic N) is 1. The molecule has 19 heavy (non-hydrogen) atoms. The second kappa shape index (κ2) is 5.61. The van der Waals surface area contributed by atoms with Crippen LogP contribution >= 0.6 is 0 Å². The van der Waals surface area contributed by atoms with Crippen LogP contribution in [0.1, 0.15) is 35.6 Å². The van der Waals surface area contributed by atoms with Gasteiger partial charge in [0.2, 0.25) is 0 Å². The van der Waals surface area contributed by atoms with Crippen molar-refractivity contribution < 1.29 is 14.6 Å². The lowest BCUT2D eigenvalue weighted by atomic mass is 9.97. The van der Waals surface area contributed by atoms with Crippen molar-refractivity contribution in [3.8, 4) is 5.75 Å². The van der Waals surface area contributed by atoms with Crippen molar-refractivity contribution in [1.29, 1.82) is 0 Å². The fraction of sp³-hybridized carbons (Fsp3) is 0.533. The van der Waals surface area contributed by atoms with Gasteiger partial charge in [0.25, 0.3) is 0 Å². The molecule has 0 aromatic heterocycles. The number of methoxy groups -OCH3 is 1. The Balaban J connectivity index is 2.49. The molecule has 1 aromatic carbocycles. The fourth-order valence-corrected chi connectivity index (χ4v) is 2.92. The van der Waals surface area contributed by atoms with Crippen molar-refractivity contribution in [3.05, 3.63) is 28.8 Å². The van der Waals surface area contributed by atoms with Gasteiger partial charge in [-0.1, -0.05) is 6.07 Å². The number of rotatable bonds is 4. The van der Waals surface area contributed by atoms with Crippen LogP contribution in [0.5, 0.6) is 5.75 Å². The Labute approximate surface area is 114 Å². The van der Waals surface area contributed by atoms with E-state index in [1.54, 1.807) is 7.11 Å². The minimum Gasteiger partial charge on any atom is -0.496 e. The third-order valence-corrected chi connectivity index (χ3v) is 3.73. The van der Waals surface area contributed by atoms with Crippen LogP contribution in [0.25, 0.3) is 0 Å². The number of carboxylic acid groups (broad SMARTS) is 1. The topological polar surface area (TPSA) is 49.8 Å². The molecule has 1 unspecified atom stereocenters. The lowest BCUT2D eigenvalue weighted by Gasteiger charge is -2.27. The van der Waals surface area contributed by atoms with Gasteiger partial charge >= 0.3 is 5.97 Å². The van der Waals surface area contributed by atoms with Gasteiger partial charge in [-0.2, -0.15) is 0 Å². The van der Waals surface area contributed by atoms with E-state index in [2.05, 4.69) is 0 Å². The minimum absolute atomic E-state index is 0.599. The molecule has 0 aliphatic carbocycles. The monoisotopic (exact) mass is 263 g/mol. The fourth-order valence-electron chi connectivity index (χ4n) is 2.92. The van der Waals surface area contributed by atoms with Crippen molar-refractivity contribution in [2.45, 2.75) is 32.7 Å². The van der Waals surface area contributed by atoms with Crippen LogP contribution in [-0.4, -0.2) is 36.2 Å². The number of carboxylic acids is 1. The average Bonchev–Trinajstić information content (AvgIpc) is 2.85. The molecule has 1 aromatic rings. The first-order valence-electron chi connectivity index (χ1n) is 6.66. The standard InChI is InChI=1S/C15H21NO3/c1-10-8-11(2)13(12(9-10)19-3)14(15(17)18)16-6-4-5-7-16/h8-9,14H,4-7H2,1-3H3,(H,17,18). The Morgan fingerprint density at radius 1 is 1.32 bits per heavy atom. The molecule has 2 rings (SSSR count). The van der Waals surface area contributed by atoms with Crippen LogP contribution in [-0.2, 0) is 4.79 Å². The lowest BCUT2D eigenvalue weighted by Crippen LogP contribution is -2.32. The molecule has 0 radical (unpaired) electrons. The van der Waals surface area contributed by atoms with Gasteiger partial charge in [0, 0.05) is 5.56 Å². The molecular weight excluding hydrogens is 242 g/mol. The van der Waals surface area contributed by atoms with Crippen molar-refractivity contribution in [2.24, 2.45) is 0 Å². The summed E-state index contributed by atoms with van der Waals surface area (Å²) in [5, 5.41) is 9.60. The molecular formula is C15H21NO3. The number of benzene rings is 1. The predicted octanol–water partition coefficient (Wildman–Crippen LogP) is 2.53. The van der Waals surface area contributed by atoms with Crippen molar-refractivity contribution >= 4 is 5.97 Å². The normalized spacial score (nSPS) is 17.4. The Morgan fingerprint density at radius 2 is 1.95 bits per heavy atom. The summed E-state index contributed by atoms with van der Waals surface area (Å²) >= 11 is 0. The molecule has 0 saturated carbocycles. The summed E-state index contributed by atoms with van der Waals surface area (Å²) < 4.78 is 5.41. The molecule has 1 heterocycles. The first-order chi connectivity index (χ1) is 9.04. The highest BCUT2D eigenvalue weighted by atomic mass is 16.5. The highest BCUT2D eigenvalue weighted by Crippen LogP contribution is 2.35. The molecule has 1 aliphatic rings. The van der Waals surface area contributed by atoms with Crippen molar-refractivity contribution in [3.63, 3.8) is 0 Å². The summed E-state index contributed by atoms with van der Waals surface area (Å²) in [7, 11) is 1.60. The number of likely N-dealkylation sites (tertiary alicyclic amines) is 1. The van der Waals surface area contributed by atoms with E-state index in [4.69, 9.17) is 4.74 Å². The quantitative estimate of drug-likeness (QED) is 0.907. The largest absolute Gasteiger partial charge is 0.496 e. The van der Waals surface area contributed by atoms with E-state index in [-0.39, 0.29) is 0 Å². The summed E-state index contributed by atoms with van der Waals surface area (Å²) in [6.45, 7) is 5.63. The van der Waals surface area contributed by atoms with Crippen LogP contribution < -0.4 is 4.74 Å². The molecule has 0 bridgehead atoms. The molecule has 1 N–H and O–H groups in total. The maximum Gasteiger partial charge on any atom is 0.325 e. The van der Waals surface area contributed by atoms with E-state index in [0.29, 0.717) is 5.75 Å². The van der Waals surface area contributed by atoms with Gasteiger partial charge in [0.05, 0.1) is 7.11 Å². The zero-order chi connectivity index (χ0) is 14.0. The van der Waals surface area contributed by atoms with Crippen LogP contribution in [0.15, 0.2) is 12.1 Å². The lowest BCUT2D eigenvalue weighted by molar-refractivity contribution is -0.143. The molecule has 1 saturated heterocycles. The second-order valence-electron chi connectivity index (χ2n) is 5.18. The maximum absolute atomic E-state index is 11.7. The van der Waals surface area contributed by atoms with E-state index in [1.807, 2.05) is 30.9 Å². The number of hydrogen-bond donors (Lipinski definition) is 1. The summed E-state index contributed by atoms with van der Waals surface area (Å²) in [6, 6.07) is 3.33. The first kappa shape index (κ1) is 13.9. The van der Waals surface area contributed by atoms with Gasteiger partial charge in [-0.05, 0) is 57.0 Å². The molecule has 0 spiro atoms. The first-order valence-corrected chi connectivity index (χ1v) is 6.66. The summed E-state index contributed by atoms with van der Waals surface area (Å²) in [4.78, 5) is 13.7. The third-order valence-electron chi connectivity index (χ3n) is 3.73. The van der Waals surface area contributed by atoms with E-state index in [1.165, 1.54) is 0 Å². The number of aryl methyl sites for hydroxylation is 2. The second-order valence-corrected chi connectivity index (χ2v) is 5.18. The third kappa shape index (κ3) is 2.73. The van der Waals surface area contributed by atoms with Crippen LogP contribution in [0.3, 0.4) is 0 Å². The number of aliphatic carboxylic acids is 1. The summed E-state index contributed by atoms with van der Waals surface area (Å²) in [5.74, 6) is -0.121. The molecule has 4 nitrogen and oxygen atoms in total. The van der Waals surface area contributed by atoms with E-state index in [9.17, 15) is 9.90 Å². The molecule has 0 amide bonds. The zero-order valence-corrected chi connectivity index (χ0v) is 11.8. The Hall–Kier alpha value is -1.55. The smallest absolute Gasteiger partial charge is 0.325 e. The minimum atomic E-state index is -0.799. The Bertz CT molecular complexity index is 479. The summed E-state index contributed by atoms with van der Waals surface area (Å²) in [5.41, 5.74) is 2.86. The van der Waals surface area contributed by atoms with Gasteiger partial charge in [-0.3, -0.25) is 9.69 Å². The van der Waals surface area contributed by atoms with Crippen LogP contribution in [0, 0.1) is 13.8 Å². The average molecular weight is 263 g/mol. The molecule has 1 aliphatic heterocycles. The van der Waals surface area contributed by atoms with Gasteiger partial charge in [0.15, 0.2) is 0 Å². The predicted molar refractivity (Wildman–Crippen MR) is 73.7 cm³/mol. The number of ether oxygens (including phenoxy) is 1. The van der Waals surface area contributed by atoms with Crippen LogP contribution in [0.4, 0.5) is 0 Å². The molecule has 1 atom stereocenters. The SMILES string of the molecule is COc1cc(C)cc(C)c1C(C(=O)O)N1CCCC1. The number of carbonyl (C=O) groups is 1. The van der Waals surface area contributed by atoms with Gasteiger partial charge in [0.1, 0.15) is 11.8 Å². The van der Waals surface area contributed by atoms with Crippen molar-refractivity contribution in [2.75, 3.05) is 20.2 Å². The number of hydrogen-bond acceptors (Lipinski definition) is 3. The van der Waals surface area contributed by atoms with Crippen LogP contribution in [0.2, 0.25) is 0 Å². The highest BCUT2D eigenvalue weighted by molar-refractivity contribution is 5.77. The van der Waals surface area contributed by atoms with E-state index in [0.717, 1.165) is 42.6 Å². The Kier molecular flexibility index (Phi) is 4.10. The van der Waals surface area contributed by atoms with Gasteiger partial charge in [-0.15, -0.1) is 0 Å². The summed E-state index contributed by atoms with van der Waals surface area (Å²) in [6.07, 6.45) is 2.13. The van der Waals surface area contributed by atoms with Crippen molar-refractivity contribution in [1.82, 2.24) is 4.90 Å². The van der Waals surface area contributed by atoms with Gasteiger partial charge < -0.3 is 9.84 Å². The van der Waals surface area contributed by atoms with E-state index < -0.39 is 12.0 Å². The van der Waals surface area contributed by atoms with E-state index >= 15 is 0 Å². The van der Waals surface area contributed by atoms with Gasteiger partial charge in [-0.25, -0.2) is 0 Å². The maximum atomic E-state index is 11.7. The molecule has 104 valence electrons. The highest BCUT2D eigenvalue weighted by Gasteiger charge is 2.32.